The number of halogens is 1. The average Bonchev–Trinajstić information content (AvgIpc) is 3.39. The standard InChI is InChI=1S/C22H29FN2O2.C14H17NO.C2H4/c1-7-9-17-21(14(3)4)24-25(22(17)19(26)10-8-2)16-11-12-20(18(23)13-16)27-15(5)6;1-12-6-8-14(9-7-12)15(3)10-4-5-13(2)11-16;1-2/h11-13,15H,3,7-10H2,1-2,4-6H3;4-11H,1-3H3;1-2H2/b;10-4-,13-5-;. The molecular weight excluding hydrogens is 565 g/mol. The summed E-state index contributed by atoms with van der Waals surface area (Å²) < 4.78 is 21.6. The second-order valence-electron chi connectivity index (χ2n) is 10.9. The molecule has 0 aliphatic heterocycles. The van der Waals surface area contributed by atoms with Gasteiger partial charge in [-0.1, -0.05) is 50.6 Å². The minimum atomic E-state index is -0.473. The lowest BCUT2D eigenvalue weighted by molar-refractivity contribution is -0.104. The van der Waals surface area contributed by atoms with E-state index >= 15 is 0 Å². The molecule has 0 saturated heterocycles. The number of ketones is 1. The Balaban J connectivity index is 0.000000479. The fourth-order valence-electron chi connectivity index (χ4n) is 4.30. The van der Waals surface area contributed by atoms with Crippen molar-refractivity contribution in [2.45, 2.75) is 80.3 Å². The molecule has 0 spiro atoms. The van der Waals surface area contributed by atoms with Gasteiger partial charge in [0, 0.05) is 37.0 Å². The summed E-state index contributed by atoms with van der Waals surface area (Å²) in [4.78, 5) is 25.2. The van der Waals surface area contributed by atoms with Gasteiger partial charge in [0.05, 0.1) is 17.5 Å². The Hall–Kier alpha value is -4.52. The molecule has 3 rings (SSSR count). The van der Waals surface area contributed by atoms with E-state index in [1.807, 2.05) is 51.9 Å². The Morgan fingerprint density at radius 2 is 1.73 bits per heavy atom. The quantitative estimate of drug-likeness (QED) is 0.0630. The first kappa shape index (κ1) is 38.5. The molecule has 1 aromatic heterocycles. The molecule has 0 N–H and O–H groups in total. The van der Waals surface area contributed by atoms with Gasteiger partial charge in [-0.05, 0) is 88.9 Å². The van der Waals surface area contributed by atoms with Crippen LogP contribution < -0.4 is 9.64 Å². The van der Waals surface area contributed by atoms with Crippen LogP contribution in [0.5, 0.6) is 5.75 Å². The number of hydrogen-bond donors (Lipinski definition) is 0. The molecule has 0 aliphatic carbocycles. The summed E-state index contributed by atoms with van der Waals surface area (Å²) in [7, 11) is 1.98. The number of allylic oxidation sites excluding steroid dienone is 4. The maximum atomic E-state index is 14.5. The first-order valence-electron chi connectivity index (χ1n) is 15.3. The van der Waals surface area contributed by atoms with Gasteiger partial charge in [0.2, 0.25) is 0 Å². The summed E-state index contributed by atoms with van der Waals surface area (Å²) in [5, 5.41) is 4.62. The van der Waals surface area contributed by atoms with Crippen molar-refractivity contribution in [1.82, 2.24) is 9.78 Å². The highest BCUT2D eigenvalue weighted by Gasteiger charge is 2.24. The fourth-order valence-corrected chi connectivity index (χ4v) is 4.30. The highest BCUT2D eigenvalue weighted by molar-refractivity contribution is 5.97. The van der Waals surface area contributed by atoms with Crippen molar-refractivity contribution < 1.29 is 18.7 Å². The van der Waals surface area contributed by atoms with Gasteiger partial charge in [0.15, 0.2) is 17.3 Å². The van der Waals surface area contributed by atoms with Crippen molar-refractivity contribution >= 4 is 23.3 Å². The molecule has 0 radical (unpaired) electrons. The van der Waals surface area contributed by atoms with E-state index in [1.165, 1.54) is 11.6 Å². The van der Waals surface area contributed by atoms with Crippen LogP contribution in [0.15, 0.2) is 86.1 Å². The fraction of sp³-hybridized carbons (Fsp3) is 0.342. The molecule has 1 heterocycles. The van der Waals surface area contributed by atoms with Crippen LogP contribution in [-0.4, -0.2) is 35.0 Å². The van der Waals surface area contributed by atoms with E-state index in [0.717, 1.165) is 48.1 Å². The molecule has 0 aliphatic rings. The number of aryl methyl sites for hydroxylation is 1. The summed E-state index contributed by atoms with van der Waals surface area (Å²) in [6.07, 6.45) is 9.08. The van der Waals surface area contributed by atoms with E-state index in [0.29, 0.717) is 23.4 Å². The number of Topliss-reactive ketones (excluding diaryl/α,β-unsaturated/α-hetero) is 1. The normalized spacial score (nSPS) is 10.9. The molecule has 242 valence electrons. The van der Waals surface area contributed by atoms with Crippen LogP contribution in [0, 0.1) is 12.7 Å². The Kier molecular flexibility index (Phi) is 16.9. The van der Waals surface area contributed by atoms with E-state index in [-0.39, 0.29) is 17.6 Å². The van der Waals surface area contributed by atoms with Gasteiger partial charge in [0.1, 0.15) is 12.0 Å². The maximum absolute atomic E-state index is 14.5. The van der Waals surface area contributed by atoms with E-state index in [2.05, 4.69) is 62.9 Å². The van der Waals surface area contributed by atoms with E-state index in [4.69, 9.17) is 4.74 Å². The smallest absolute Gasteiger partial charge is 0.181 e. The molecule has 0 fully saturated rings. The van der Waals surface area contributed by atoms with Gasteiger partial charge in [-0.2, -0.15) is 5.10 Å². The maximum Gasteiger partial charge on any atom is 0.181 e. The van der Waals surface area contributed by atoms with Crippen molar-refractivity contribution in [3.8, 4) is 11.4 Å². The Bertz CT molecular complexity index is 1470. The third-order valence-electron chi connectivity index (χ3n) is 6.45. The largest absolute Gasteiger partial charge is 0.488 e. The van der Waals surface area contributed by atoms with Crippen LogP contribution in [0.25, 0.3) is 11.3 Å². The number of benzene rings is 2. The lowest BCUT2D eigenvalue weighted by Crippen LogP contribution is -2.12. The van der Waals surface area contributed by atoms with Crippen molar-refractivity contribution in [2.24, 2.45) is 0 Å². The average molecular weight is 616 g/mol. The highest BCUT2D eigenvalue weighted by atomic mass is 19.1. The Morgan fingerprint density at radius 3 is 2.24 bits per heavy atom. The number of hydrogen-bond acceptors (Lipinski definition) is 5. The van der Waals surface area contributed by atoms with Gasteiger partial charge in [-0.25, -0.2) is 9.07 Å². The molecule has 45 heavy (non-hydrogen) atoms. The summed E-state index contributed by atoms with van der Waals surface area (Å²) in [6, 6.07) is 13.0. The summed E-state index contributed by atoms with van der Waals surface area (Å²) >= 11 is 0. The van der Waals surface area contributed by atoms with Crippen molar-refractivity contribution in [2.75, 3.05) is 11.9 Å². The molecule has 0 atom stereocenters. The van der Waals surface area contributed by atoms with Crippen molar-refractivity contribution in [3.05, 3.63) is 114 Å². The number of ether oxygens (including phenoxy) is 1. The van der Waals surface area contributed by atoms with Crippen LogP contribution in [0.4, 0.5) is 10.1 Å². The van der Waals surface area contributed by atoms with Gasteiger partial charge in [-0.3, -0.25) is 9.59 Å². The molecule has 0 bridgehead atoms. The van der Waals surface area contributed by atoms with E-state index in [9.17, 15) is 14.0 Å². The number of aromatic nitrogens is 2. The second-order valence-corrected chi connectivity index (χ2v) is 10.9. The number of rotatable bonds is 13. The number of nitrogens with zero attached hydrogens (tertiary/aromatic N) is 3. The minimum absolute atomic E-state index is 0.0175. The minimum Gasteiger partial charge on any atom is -0.488 e. The van der Waals surface area contributed by atoms with Crippen LogP contribution in [0.2, 0.25) is 0 Å². The molecular formula is C38H50FN3O3. The zero-order chi connectivity index (χ0) is 34.1. The summed E-state index contributed by atoms with van der Waals surface area (Å²) in [6.45, 7) is 23.4. The highest BCUT2D eigenvalue weighted by Crippen LogP contribution is 2.28. The monoisotopic (exact) mass is 615 g/mol. The third kappa shape index (κ3) is 11.8. The molecule has 7 heteroatoms. The number of carbonyl (C=O) groups excluding carboxylic acids is 2. The molecule has 2 aromatic carbocycles. The second kappa shape index (κ2) is 19.7. The molecule has 3 aromatic rings. The first-order chi connectivity index (χ1) is 21.4. The SMILES string of the molecule is C/C(C=O)=C/C=C\N(C)c1ccc(C)cc1.C=C.C=C(C)c1nn(-c2ccc(OC(C)C)c(F)c2)c(C(=O)CCC)c1CCC. The molecule has 0 amide bonds. The van der Waals surface area contributed by atoms with Crippen molar-refractivity contribution in [1.29, 1.82) is 0 Å². The Morgan fingerprint density at radius 1 is 1.09 bits per heavy atom. The van der Waals surface area contributed by atoms with Gasteiger partial charge < -0.3 is 9.64 Å². The summed E-state index contributed by atoms with van der Waals surface area (Å²) in [5.74, 6) is -0.264. The third-order valence-corrected chi connectivity index (χ3v) is 6.45. The number of aldehydes is 1. The van der Waals surface area contributed by atoms with Gasteiger partial charge in [-0.15, -0.1) is 13.2 Å². The predicted octanol–water partition coefficient (Wildman–Crippen LogP) is 9.66. The molecule has 6 nitrogen and oxygen atoms in total. The van der Waals surface area contributed by atoms with Crippen molar-refractivity contribution in [3.63, 3.8) is 0 Å². The van der Waals surface area contributed by atoms with Crippen LogP contribution in [0.1, 0.15) is 88.1 Å². The topological polar surface area (TPSA) is 64.4 Å². The first-order valence-corrected chi connectivity index (χ1v) is 15.3. The zero-order valence-corrected chi connectivity index (χ0v) is 28.3. The lowest BCUT2D eigenvalue weighted by Gasteiger charge is -2.13. The zero-order valence-electron chi connectivity index (χ0n) is 28.3. The number of anilines is 1. The lowest BCUT2D eigenvalue weighted by atomic mass is 10.00. The van der Waals surface area contributed by atoms with Crippen LogP contribution in [-0.2, 0) is 11.2 Å². The Labute approximate surface area is 269 Å². The summed E-state index contributed by atoms with van der Waals surface area (Å²) in [5.41, 5.74) is 6.54. The van der Waals surface area contributed by atoms with Gasteiger partial charge >= 0.3 is 0 Å². The van der Waals surface area contributed by atoms with E-state index in [1.54, 1.807) is 29.8 Å². The van der Waals surface area contributed by atoms with E-state index < -0.39 is 5.82 Å². The predicted molar refractivity (Wildman–Crippen MR) is 187 cm³/mol. The van der Waals surface area contributed by atoms with Crippen LogP contribution >= 0.6 is 0 Å². The molecule has 0 saturated carbocycles. The van der Waals surface area contributed by atoms with Crippen LogP contribution in [0.3, 0.4) is 0 Å². The number of carbonyl (C=O) groups is 2. The molecule has 0 unspecified atom stereocenters. The van der Waals surface area contributed by atoms with Gasteiger partial charge in [0.25, 0.3) is 0 Å².